The molecule has 0 aliphatic heterocycles. The number of benzene rings is 1. The molecule has 1 aromatic carbocycles. The number of hydrogen-bond donors (Lipinski definition) is 5. The maximum atomic E-state index is 12.0. The normalized spacial score (nSPS) is 16.5. The van der Waals surface area contributed by atoms with Gasteiger partial charge in [0.2, 0.25) is 7.37 Å². The van der Waals surface area contributed by atoms with Gasteiger partial charge in [0.05, 0.1) is 4.92 Å². The van der Waals surface area contributed by atoms with Gasteiger partial charge in [-0.15, -0.1) is 0 Å². The number of nitrogens with two attached hydrogens (primary N) is 1. The summed E-state index contributed by atoms with van der Waals surface area (Å²) in [6, 6.07) is 1.38. The van der Waals surface area contributed by atoms with Crippen LogP contribution in [-0.4, -0.2) is 43.3 Å². The second-order valence-corrected chi connectivity index (χ2v) is 7.04. The van der Waals surface area contributed by atoms with E-state index >= 15 is 0 Å². The number of aliphatic hydroxyl groups is 1. The Morgan fingerprint density at radius 2 is 2.05 bits per heavy atom. The molecule has 6 N–H and O–H groups in total. The SMILES string of the molecule is N[C@@H](CCP(=O)(O)C(O)c1ccc([N+](=O)[O-])c(O)c1)C(=O)O. The third-order valence-electron chi connectivity index (χ3n) is 2.95. The minimum absolute atomic E-state index is 0.196. The molecule has 0 saturated carbocycles. The lowest BCUT2D eigenvalue weighted by molar-refractivity contribution is -0.385. The van der Waals surface area contributed by atoms with Crippen LogP contribution >= 0.6 is 7.37 Å². The average Bonchev–Trinajstić information content (AvgIpc) is 2.43. The van der Waals surface area contributed by atoms with E-state index in [1.807, 2.05) is 0 Å². The molecule has 22 heavy (non-hydrogen) atoms. The molecule has 0 radical (unpaired) electrons. The molecule has 10 nitrogen and oxygen atoms in total. The number of carboxylic acids is 1. The van der Waals surface area contributed by atoms with Crippen LogP contribution in [0.25, 0.3) is 0 Å². The van der Waals surface area contributed by atoms with Crippen molar-refractivity contribution in [2.45, 2.75) is 18.3 Å². The van der Waals surface area contributed by atoms with Crippen molar-refractivity contribution < 1.29 is 34.5 Å². The number of aliphatic hydroxyl groups excluding tert-OH is 1. The number of nitro groups is 1. The van der Waals surface area contributed by atoms with Crippen molar-refractivity contribution in [1.82, 2.24) is 0 Å². The van der Waals surface area contributed by atoms with Crippen molar-refractivity contribution in [3.05, 3.63) is 33.9 Å². The lowest BCUT2D eigenvalue weighted by Crippen LogP contribution is -2.31. The molecule has 11 heteroatoms. The van der Waals surface area contributed by atoms with Crippen molar-refractivity contribution in [2.24, 2.45) is 5.73 Å². The number of carbonyl (C=O) groups is 1. The topological polar surface area (TPSA) is 184 Å². The van der Waals surface area contributed by atoms with E-state index < -0.39 is 47.7 Å². The predicted octanol–water partition coefficient (Wildman–Crippen LogP) is 0.364. The standard InChI is InChI=1S/C11H15N2O8P/c12-7(10(15)16)3-4-22(20,21)11(17)6-1-2-8(13(18)19)9(14)5-6/h1-2,5,7,11,14,17H,3-4,12H2,(H,15,16)(H,20,21)/t7-,11?/m0/s1. The summed E-state index contributed by atoms with van der Waals surface area (Å²) in [5, 5.41) is 38.5. The largest absolute Gasteiger partial charge is 0.502 e. The lowest BCUT2D eigenvalue weighted by Gasteiger charge is -2.19. The van der Waals surface area contributed by atoms with E-state index in [9.17, 15) is 34.6 Å². The number of nitro benzene ring substituents is 1. The highest BCUT2D eigenvalue weighted by Crippen LogP contribution is 2.55. The van der Waals surface area contributed by atoms with Crippen LogP contribution in [0.15, 0.2) is 18.2 Å². The van der Waals surface area contributed by atoms with Crippen molar-refractivity contribution in [3.63, 3.8) is 0 Å². The van der Waals surface area contributed by atoms with E-state index in [4.69, 9.17) is 10.8 Å². The zero-order valence-electron chi connectivity index (χ0n) is 11.2. The first kappa shape index (κ1) is 18.1. The Morgan fingerprint density at radius 1 is 1.45 bits per heavy atom. The number of phenols is 1. The van der Waals surface area contributed by atoms with E-state index in [1.165, 1.54) is 0 Å². The zero-order valence-corrected chi connectivity index (χ0v) is 12.1. The van der Waals surface area contributed by atoms with Gasteiger partial charge in [0.15, 0.2) is 11.6 Å². The molecular weight excluding hydrogens is 319 g/mol. The maximum Gasteiger partial charge on any atom is 0.320 e. The van der Waals surface area contributed by atoms with Crippen LogP contribution in [0.5, 0.6) is 5.75 Å². The molecule has 0 heterocycles. The number of aliphatic carboxylic acids is 1. The molecule has 1 aromatic rings. The number of hydrogen-bond acceptors (Lipinski definition) is 7. The summed E-state index contributed by atoms with van der Waals surface area (Å²) < 4.78 is 12.0. The Morgan fingerprint density at radius 3 is 2.50 bits per heavy atom. The Balaban J connectivity index is 2.92. The van der Waals surface area contributed by atoms with Gasteiger partial charge in [0.25, 0.3) is 0 Å². The van der Waals surface area contributed by atoms with Crippen LogP contribution in [-0.2, 0) is 9.36 Å². The molecular formula is C11H15N2O8P. The number of aromatic hydroxyl groups is 1. The molecule has 1 rings (SSSR count). The number of carboxylic acid groups (broad SMARTS) is 1. The summed E-state index contributed by atoms with van der Waals surface area (Å²) in [6.45, 7) is 0. The van der Waals surface area contributed by atoms with Gasteiger partial charge in [-0.2, -0.15) is 0 Å². The fraction of sp³-hybridized carbons (Fsp3) is 0.364. The van der Waals surface area contributed by atoms with Crippen molar-refractivity contribution in [3.8, 4) is 5.75 Å². The summed E-state index contributed by atoms with van der Waals surface area (Å²) in [7, 11) is -4.23. The average molecular weight is 334 g/mol. The summed E-state index contributed by atoms with van der Waals surface area (Å²) in [6.07, 6.45) is -0.890. The third kappa shape index (κ3) is 4.25. The molecule has 3 atom stereocenters. The first-order valence-electron chi connectivity index (χ1n) is 6.01. The Bertz CT molecular complexity index is 635. The summed E-state index contributed by atoms with van der Waals surface area (Å²) >= 11 is 0. The van der Waals surface area contributed by atoms with Gasteiger partial charge in [-0.25, -0.2) is 0 Å². The first-order chi connectivity index (χ1) is 10.1. The summed E-state index contributed by atoms with van der Waals surface area (Å²) in [5.74, 6) is -4.02. The van der Waals surface area contributed by atoms with Crippen LogP contribution in [0.1, 0.15) is 17.8 Å². The molecule has 0 aromatic heterocycles. The van der Waals surface area contributed by atoms with Gasteiger partial charge in [-0.3, -0.25) is 19.5 Å². The van der Waals surface area contributed by atoms with Gasteiger partial charge >= 0.3 is 11.7 Å². The fourth-order valence-electron chi connectivity index (χ4n) is 1.66. The molecule has 0 amide bonds. The minimum atomic E-state index is -4.23. The van der Waals surface area contributed by atoms with Crippen LogP contribution in [0.2, 0.25) is 0 Å². The van der Waals surface area contributed by atoms with Crippen LogP contribution in [0.3, 0.4) is 0 Å². The van der Waals surface area contributed by atoms with Crippen LogP contribution in [0.4, 0.5) is 5.69 Å². The van der Waals surface area contributed by atoms with Gasteiger partial charge < -0.3 is 25.9 Å². The monoisotopic (exact) mass is 334 g/mol. The zero-order chi connectivity index (χ0) is 17.1. The highest BCUT2D eigenvalue weighted by molar-refractivity contribution is 7.58. The molecule has 0 aliphatic carbocycles. The van der Waals surface area contributed by atoms with Crippen molar-refractivity contribution >= 4 is 19.0 Å². The molecule has 0 fully saturated rings. The summed E-state index contributed by atoms with van der Waals surface area (Å²) in [5.41, 5.74) is 4.40. The van der Waals surface area contributed by atoms with Crippen molar-refractivity contribution in [1.29, 1.82) is 0 Å². The first-order valence-corrected chi connectivity index (χ1v) is 7.93. The molecule has 0 bridgehead atoms. The minimum Gasteiger partial charge on any atom is -0.502 e. The van der Waals surface area contributed by atoms with E-state index in [0.29, 0.717) is 0 Å². The quantitative estimate of drug-likeness (QED) is 0.267. The Kier molecular flexibility index (Phi) is 5.61. The highest BCUT2D eigenvalue weighted by atomic mass is 31.2. The van der Waals surface area contributed by atoms with Gasteiger partial charge in [-0.05, 0) is 24.1 Å². The second-order valence-electron chi connectivity index (χ2n) is 4.59. The van der Waals surface area contributed by atoms with E-state index in [1.54, 1.807) is 0 Å². The van der Waals surface area contributed by atoms with E-state index in [2.05, 4.69) is 0 Å². The van der Waals surface area contributed by atoms with Crippen LogP contribution < -0.4 is 5.73 Å². The van der Waals surface area contributed by atoms with Gasteiger partial charge in [0, 0.05) is 12.2 Å². The number of nitrogens with zero attached hydrogens (tertiary/aromatic N) is 1. The lowest BCUT2D eigenvalue weighted by atomic mass is 10.2. The highest BCUT2D eigenvalue weighted by Gasteiger charge is 2.32. The van der Waals surface area contributed by atoms with Crippen LogP contribution in [0, 0.1) is 10.1 Å². The predicted molar refractivity (Wildman–Crippen MR) is 74.6 cm³/mol. The molecule has 122 valence electrons. The molecule has 0 aliphatic rings. The van der Waals surface area contributed by atoms with Gasteiger partial charge in [0.1, 0.15) is 6.04 Å². The number of phenolic OH excluding ortho intramolecular Hbond substituents is 1. The molecule has 0 saturated heterocycles. The second kappa shape index (κ2) is 6.84. The van der Waals surface area contributed by atoms with E-state index in [-0.39, 0.29) is 12.0 Å². The summed E-state index contributed by atoms with van der Waals surface area (Å²) in [4.78, 5) is 30.0. The third-order valence-corrected chi connectivity index (χ3v) is 4.92. The van der Waals surface area contributed by atoms with Crippen molar-refractivity contribution in [2.75, 3.05) is 6.16 Å². The number of rotatable bonds is 7. The molecule has 2 unspecified atom stereocenters. The maximum absolute atomic E-state index is 12.0. The van der Waals surface area contributed by atoms with E-state index in [0.717, 1.165) is 18.2 Å². The Hall–Kier alpha value is -2.00. The Labute approximate surface area is 124 Å². The molecule has 0 spiro atoms. The van der Waals surface area contributed by atoms with Gasteiger partial charge in [-0.1, -0.05) is 0 Å². The smallest absolute Gasteiger partial charge is 0.320 e. The fourth-order valence-corrected chi connectivity index (χ4v) is 3.18.